The van der Waals surface area contributed by atoms with E-state index in [2.05, 4.69) is 0 Å². The molecule has 3 rings (SSSR count). The standard InChI is InChI=1S/C23H27FN2O5S/c1-2-31-23(28)19-12-14-25(15-13-19)22(27)17-26(16-18-6-4-3-5-7-18)32(29,30)21-10-8-20(24)9-11-21/h3-11,19H,2,12-17H2,1H3. The molecule has 2 aromatic rings. The lowest BCUT2D eigenvalue weighted by atomic mass is 9.97. The van der Waals surface area contributed by atoms with Crippen LogP contribution in [0.2, 0.25) is 0 Å². The third-order valence-electron chi connectivity index (χ3n) is 5.43. The predicted molar refractivity (Wildman–Crippen MR) is 116 cm³/mol. The third kappa shape index (κ3) is 5.92. The number of hydrogen-bond acceptors (Lipinski definition) is 5. The molecule has 2 aromatic carbocycles. The van der Waals surface area contributed by atoms with Gasteiger partial charge in [-0.25, -0.2) is 12.8 Å². The Hall–Kier alpha value is -2.78. The highest BCUT2D eigenvalue weighted by Gasteiger charge is 2.32. The van der Waals surface area contributed by atoms with Crippen molar-refractivity contribution in [2.75, 3.05) is 26.2 Å². The number of sulfonamides is 1. The largest absolute Gasteiger partial charge is 0.466 e. The lowest BCUT2D eigenvalue weighted by molar-refractivity contribution is -0.151. The van der Waals surface area contributed by atoms with Crippen LogP contribution in [-0.2, 0) is 30.9 Å². The first kappa shape index (κ1) is 23.9. The van der Waals surface area contributed by atoms with Crippen LogP contribution in [0.4, 0.5) is 4.39 Å². The van der Waals surface area contributed by atoms with Crippen molar-refractivity contribution < 1.29 is 27.1 Å². The molecule has 0 saturated carbocycles. The van der Waals surface area contributed by atoms with E-state index in [4.69, 9.17) is 4.74 Å². The summed E-state index contributed by atoms with van der Waals surface area (Å²) in [5.41, 5.74) is 0.729. The van der Waals surface area contributed by atoms with Crippen molar-refractivity contribution >= 4 is 21.9 Å². The molecule has 172 valence electrons. The van der Waals surface area contributed by atoms with Crippen molar-refractivity contribution in [3.63, 3.8) is 0 Å². The molecule has 0 aliphatic carbocycles. The molecule has 7 nitrogen and oxygen atoms in total. The Morgan fingerprint density at radius 1 is 1.06 bits per heavy atom. The summed E-state index contributed by atoms with van der Waals surface area (Å²) in [6, 6.07) is 13.5. The molecule has 1 heterocycles. The van der Waals surface area contributed by atoms with Crippen LogP contribution in [0.25, 0.3) is 0 Å². The molecule has 0 spiro atoms. The van der Waals surface area contributed by atoms with Crippen LogP contribution < -0.4 is 0 Å². The zero-order valence-electron chi connectivity index (χ0n) is 17.9. The predicted octanol–water partition coefficient (Wildman–Crippen LogP) is 2.82. The molecule has 1 saturated heterocycles. The number of likely N-dealkylation sites (tertiary alicyclic amines) is 1. The van der Waals surface area contributed by atoms with Crippen LogP contribution in [0.15, 0.2) is 59.5 Å². The van der Waals surface area contributed by atoms with Crippen LogP contribution >= 0.6 is 0 Å². The average molecular weight is 463 g/mol. The molecule has 0 N–H and O–H groups in total. The molecule has 0 radical (unpaired) electrons. The van der Waals surface area contributed by atoms with Gasteiger partial charge in [0.1, 0.15) is 5.82 Å². The lowest BCUT2D eigenvalue weighted by Crippen LogP contribution is -2.46. The van der Waals surface area contributed by atoms with Crippen LogP contribution in [0.1, 0.15) is 25.3 Å². The second kappa shape index (κ2) is 10.7. The number of ether oxygens (including phenoxy) is 1. The van der Waals surface area contributed by atoms with Gasteiger partial charge in [-0.15, -0.1) is 0 Å². The van der Waals surface area contributed by atoms with E-state index in [0.29, 0.717) is 32.5 Å². The maximum Gasteiger partial charge on any atom is 0.309 e. The number of hydrogen-bond donors (Lipinski definition) is 0. The Balaban J connectivity index is 1.75. The van der Waals surface area contributed by atoms with Gasteiger partial charge in [-0.3, -0.25) is 9.59 Å². The van der Waals surface area contributed by atoms with E-state index in [0.717, 1.165) is 22.0 Å². The molecule has 1 fully saturated rings. The minimum Gasteiger partial charge on any atom is -0.466 e. The number of carbonyl (C=O) groups is 2. The Labute approximate surface area is 187 Å². The van der Waals surface area contributed by atoms with Gasteiger partial charge in [0.15, 0.2) is 0 Å². The fourth-order valence-electron chi connectivity index (χ4n) is 3.64. The number of benzene rings is 2. The normalized spacial score (nSPS) is 15.0. The zero-order chi connectivity index (χ0) is 23.1. The molecule has 1 aliphatic heterocycles. The van der Waals surface area contributed by atoms with Gasteiger partial charge in [0.05, 0.1) is 24.0 Å². The number of halogens is 1. The Morgan fingerprint density at radius 2 is 1.69 bits per heavy atom. The molecule has 0 atom stereocenters. The van der Waals surface area contributed by atoms with Crippen molar-refractivity contribution in [2.45, 2.75) is 31.2 Å². The van der Waals surface area contributed by atoms with Gasteiger partial charge in [0.25, 0.3) is 0 Å². The molecule has 0 unspecified atom stereocenters. The first-order chi connectivity index (χ1) is 15.3. The van der Waals surface area contributed by atoms with Crippen molar-refractivity contribution in [2.24, 2.45) is 5.92 Å². The monoisotopic (exact) mass is 462 g/mol. The number of piperidine rings is 1. The number of rotatable bonds is 8. The summed E-state index contributed by atoms with van der Waals surface area (Å²) in [4.78, 5) is 26.4. The summed E-state index contributed by atoms with van der Waals surface area (Å²) in [5.74, 6) is -1.39. The van der Waals surface area contributed by atoms with Crippen molar-refractivity contribution in [3.8, 4) is 0 Å². The van der Waals surface area contributed by atoms with Gasteiger partial charge in [-0.1, -0.05) is 30.3 Å². The lowest BCUT2D eigenvalue weighted by Gasteiger charge is -2.32. The van der Waals surface area contributed by atoms with Crippen LogP contribution in [0, 0.1) is 11.7 Å². The maximum absolute atomic E-state index is 13.3. The molecular formula is C23H27FN2O5S. The van der Waals surface area contributed by atoms with Crippen LogP contribution in [0.3, 0.4) is 0 Å². The Kier molecular flexibility index (Phi) is 7.98. The Morgan fingerprint density at radius 3 is 2.28 bits per heavy atom. The maximum atomic E-state index is 13.3. The van der Waals surface area contributed by atoms with Gasteiger partial charge in [0.2, 0.25) is 15.9 Å². The summed E-state index contributed by atoms with van der Waals surface area (Å²) in [6.45, 7) is 2.44. The highest BCUT2D eigenvalue weighted by atomic mass is 32.2. The van der Waals surface area contributed by atoms with E-state index in [-0.39, 0.29) is 35.8 Å². The molecule has 1 aliphatic rings. The quantitative estimate of drug-likeness (QED) is 0.564. The van der Waals surface area contributed by atoms with Crippen molar-refractivity contribution in [1.82, 2.24) is 9.21 Å². The number of nitrogens with zero attached hydrogens (tertiary/aromatic N) is 2. The zero-order valence-corrected chi connectivity index (χ0v) is 18.8. The third-order valence-corrected chi connectivity index (χ3v) is 7.24. The fourth-order valence-corrected chi connectivity index (χ4v) is 5.02. The second-order valence-electron chi connectivity index (χ2n) is 7.62. The van der Waals surface area contributed by atoms with E-state index >= 15 is 0 Å². The molecule has 1 amide bonds. The summed E-state index contributed by atoms with van der Waals surface area (Å²) < 4.78 is 46.0. The molecular weight excluding hydrogens is 435 g/mol. The van der Waals surface area contributed by atoms with Crippen molar-refractivity contribution in [1.29, 1.82) is 0 Å². The first-order valence-corrected chi connectivity index (χ1v) is 12.0. The Bertz CT molecular complexity index is 1020. The SMILES string of the molecule is CCOC(=O)C1CCN(C(=O)CN(Cc2ccccc2)S(=O)(=O)c2ccc(F)cc2)CC1. The minimum atomic E-state index is -4.04. The van der Waals surface area contributed by atoms with E-state index in [1.54, 1.807) is 36.1 Å². The number of carbonyl (C=O) groups excluding carboxylic acids is 2. The van der Waals surface area contributed by atoms with Crippen LogP contribution in [0.5, 0.6) is 0 Å². The van der Waals surface area contributed by atoms with Gasteiger partial charge < -0.3 is 9.64 Å². The average Bonchev–Trinajstić information content (AvgIpc) is 2.80. The summed E-state index contributed by atoms with van der Waals surface area (Å²) in [6.07, 6.45) is 0.960. The van der Waals surface area contributed by atoms with E-state index in [9.17, 15) is 22.4 Å². The first-order valence-electron chi connectivity index (χ1n) is 10.6. The van der Waals surface area contributed by atoms with Crippen LogP contribution in [-0.4, -0.2) is 55.7 Å². The number of esters is 1. The summed E-state index contributed by atoms with van der Waals surface area (Å²) in [5, 5.41) is 0. The minimum absolute atomic E-state index is 0.00554. The molecule has 0 bridgehead atoms. The topological polar surface area (TPSA) is 84.0 Å². The molecule has 9 heteroatoms. The smallest absolute Gasteiger partial charge is 0.309 e. The van der Waals surface area contributed by atoms with Gasteiger partial charge >= 0.3 is 5.97 Å². The highest BCUT2D eigenvalue weighted by molar-refractivity contribution is 7.89. The van der Waals surface area contributed by atoms with Gasteiger partial charge in [-0.05, 0) is 49.6 Å². The van der Waals surface area contributed by atoms with E-state index < -0.39 is 15.8 Å². The summed E-state index contributed by atoms with van der Waals surface area (Å²) >= 11 is 0. The summed E-state index contributed by atoms with van der Waals surface area (Å²) in [7, 11) is -4.04. The molecule has 0 aromatic heterocycles. The second-order valence-corrected chi connectivity index (χ2v) is 9.56. The van der Waals surface area contributed by atoms with Gasteiger partial charge in [0, 0.05) is 19.6 Å². The molecule has 32 heavy (non-hydrogen) atoms. The van der Waals surface area contributed by atoms with E-state index in [1.807, 2.05) is 6.07 Å². The van der Waals surface area contributed by atoms with Gasteiger partial charge in [-0.2, -0.15) is 4.31 Å². The van der Waals surface area contributed by atoms with Crippen molar-refractivity contribution in [3.05, 3.63) is 66.0 Å². The van der Waals surface area contributed by atoms with E-state index in [1.165, 1.54) is 12.1 Å². The number of amides is 1. The highest BCUT2D eigenvalue weighted by Crippen LogP contribution is 2.22. The fraction of sp³-hybridized carbons (Fsp3) is 0.391.